The van der Waals surface area contributed by atoms with Crippen LogP contribution in [-0.2, 0) is 4.74 Å². The van der Waals surface area contributed by atoms with Gasteiger partial charge in [-0.15, -0.1) is 0 Å². The van der Waals surface area contributed by atoms with Crippen molar-refractivity contribution in [2.75, 3.05) is 13.2 Å². The molecule has 0 aromatic rings. The van der Waals surface area contributed by atoms with Crippen LogP contribution in [0.1, 0.15) is 32.6 Å². The van der Waals surface area contributed by atoms with Crippen LogP contribution in [0.3, 0.4) is 0 Å². The van der Waals surface area contributed by atoms with Gasteiger partial charge in [-0.25, -0.2) is 0 Å². The number of alkyl halides is 3. The van der Waals surface area contributed by atoms with Crippen LogP contribution in [0.25, 0.3) is 0 Å². The van der Waals surface area contributed by atoms with Crippen LogP contribution in [0, 0.1) is 0 Å². The average Bonchev–Trinajstić information content (AvgIpc) is 2.02. The first-order valence-electron chi connectivity index (χ1n) is 4.85. The number of halogens is 3. The summed E-state index contributed by atoms with van der Waals surface area (Å²) in [7, 11) is 0. The molecule has 0 heterocycles. The van der Waals surface area contributed by atoms with Crippen molar-refractivity contribution in [1.29, 1.82) is 0 Å². The summed E-state index contributed by atoms with van der Waals surface area (Å²) in [6.45, 7) is 2.49. The predicted octanol–water partition coefficient (Wildman–Crippen LogP) is 2.47. The lowest BCUT2D eigenvalue weighted by Gasteiger charge is -2.11. The van der Waals surface area contributed by atoms with Gasteiger partial charge in [0.15, 0.2) is 0 Å². The van der Waals surface area contributed by atoms with Gasteiger partial charge in [-0.3, -0.25) is 0 Å². The second-order valence-electron chi connectivity index (χ2n) is 3.34. The van der Waals surface area contributed by atoms with E-state index in [9.17, 15) is 13.2 Å². The summed E-state index contributed by atoms with van der Waals surface area (Å²) in [5.41, 5.74) is 5.61. The molecule has 0 aromatic heterocycles. The highest BCUT2D eigenvalue weighted by Crippen LogP contribution is 2.20. The van der Waals surface area contributed by atoms with E-state index in [4.69, 9.17) is 10.5 Å². The van der Waals surface area contributed by atoms with Gasteiger partial charge in [0.05, 0.1) is 6.61 Å². The lowest BCUT2D eigenvalue weighted by Crippen LogP contribution is -2.26. The van der Waals surface area contributed by atoms with Crippen LogP contribution >= 0.6 is 0 Å². The minimum atomic E-state index is -4.07. The zero-order valence-electron chi connectivity index (χ0n) is 8.44. The van der Waals surface area contributed by atoms with Crippen molar-refractivity contribution in [1.82, 2.24) is 0 Å². The molecular formula is C9H18F3NO. The summed E-state index contributed by atoms with van der Waals surface area (Å²) in [4.78, 5) is 0. The Balaban J connectivity index is 3.21. The molecule has 0 rings (SSSR count). The van der Waals surface area contributed by atoms with Crippen molar-refractivity contribution in [3.8, 4) is 0 Å². The van der Waals surface area contributed by atoms with E-state index in [0.29, 0.717) is 6.61 Å². The molecule has 0 fully saturated rings. The Morgan fingerprint density at radius 2 is 2.00 bits per heavy atom. The Bertz CT molecular complexity index is 139. The van der Waals surface area contributed by atoms with E-state index in [1.807, 2.05) is 6.92 Å². The molecule has 0 amide bonds. The molecule has 1 atom stereocenters. The van der Waals surface area contributed by atoms with E-state index < -0.39 is 12.6 Å². The van der Waals surface area contributed by atoms with Crippen LogP contribution in [0.4, 0.5) is 13.2 Å². The molecule has 0 saturated carbocycles. The number of ether oxygens (including phenoxy) is 1. The molecule has 2 N–H and O–H groups in total. The maximum atomic E-state index is 11.7. The van der Waals surface area contributed by atoms with Gasteiger partial charge in [0.1, 0.15) is 0 Å². The van der Waals surface area contributed by atoms with E-state index in [1.54, 1.807) is 0 Å². The van der Waals surface area contributed by atoms with Gasteiger partial charge in [0.2, 0.25) is 0 Å². The first kappa shape index (κ1) is 13.7. The highest BCUT2D eigenvalue weighted by molar-refractivity contribution is 4.58. The molecule has 0 aliphatic heterocycles. The normalized spacial score (nSPS) is 14.4. The van der Waals surface area contributed by atoms with Crippen molar-refractivity contribution in [3.05, 3.63) is 0 Å². The van der Waals surface area contributed by atoms with Crippen molar-refractivity contribution >= 4 is 0 Å². The van der Waals surface area contributed by atoms with Gasteiger partial charge in [0.25, 0.3) is 0 Å². The Hall–Kier alpha value is -0.290. The molecule has 2 nitrogen and oxygen atoms in total. The minimum Gasteiger partial charge on any atom is -0.380 e. The second-order valence-corrected chi connectivity index (χ2v) is 3.34. The molecule has 1 unspecified atom stereocenters. The predicted molar refractivity (Wildman–Crippen MR) is 49.0 cm³/mol. The van der Waals surface area contributed by atoms with E-state index in [-0.39, 0.29) is 19.1 Å². The number of nitrogens with two attached hydrogens (primary N) is 1. The molecule has 0 bridgehead atoms. The van der Waals surface area contributed by atoms with Crippen molar-refractivity contribution in [2.45, 2.75) is 44.8 Å². The van der Waals surface area contributed by atoms with Crippen LogP contribution in [0.2, 0.25) is 0 Å². The van der Waals surface area contributed by atoms with Crippen LogP contribution in [0.15, 0.2) is 0 Å². The topological polar surface area (TPSA) is 35.2 Å². The van der Waals surface area contributed by atoms with Gasteiger partial charge in [-0.05, 0) is 12.8 Å². The Kier molecular flexibility index (Phi) is 6.92. The van der Waals surface area contributed by atoms with Gasteiger partial charge in [0, 0.05) is 19.1 Å². The summed E-state index contributed by atoms with van der Waals surface area (Å²) in [6.07, 6.45) is -3.03. The molecular weight excluding hydrogens is 195 g/mol. The number of hydrogen-bond acceptors (Lipinski definition) is 2. The summed E-state index contributed by atoms with van der Waals surface area (Å²) in [5.74, 6) is 0. The summed E-state index contributed by atoms with van der Waals surface area (Å²) >= 11 is 0. The van der Waals surface area contributed by atoms with Gasteiger partial charge < -0.3 is 10.5 Å². The molecule has 0 saturated heterocycles. The van der Waals surface area contributed by atoms with Crippen molar-refractivity contribution in [2.24, 2.45) is 5.73 Å². The standard InChI is InChI=1S/C9H18F3NO/c1-2-4-8(13)7-14-6-3-5-9(10,11)12/h8H,2-7,13H2,1H3. The molecule has 0 aliphatic carbocycles. The van der Waals surface area contributed by atoms with E-state index in [1.165, 1.54) is 0 Å². The third-order valence-corrected chi connectivity index (χ3v) is 1.74. The third-order valence-electron chi connectivity index (χ3n) is 1.74. The fourth-order valence-corrected chi connectivity index (χ4v) is 1.06. The third kappa shape index (κ3) is 9.80. The Labute approximate surface area is 82.6 Å². The maximum absolute atomic E-state index is 11.7. The quantitative estimate of drug-likeness (QED) is 0.659. The summed E-state index contributed by atoms with van der Waals surface area (Å²) in [6, 6.07) is -0.0501. The highest BCUT2D eigenvalue weighted by Gasteiger charge is 2.25. The molecule has 0 aliphatic rings. The molecule has 0 spiro atoms. The summed E-state index contributed by atoms with van der Waals surface area (Å²) in [5, 5.41) is 0. The zero-order valence-corrected chi connectivity index (χ0v) is 8.44. The SMILES string of the molecule is CCCC(N)COCCCC(F)(F)F. The molecule has 0 aromatic carbocycles. The van der Waals surface area contributed by atoms with Gasteiger partial charge >= 0.3 is 6.18 Å². The molecule has 14 heavy (non-hydrogen) atoms. The first-order chi connectivity index (χ1) is 6.45. The highest BCUT2D eigenvalue weighted by atomic mass is 19.4. The lowest BCUT2D eigenvalue weighted by molar-refractivity contribution is -0.137. The largest absolute Gasteiger partial charge is 0.389 e. The molecule has 0 radical (unpaired) electrons. The molecule has 5 heteroatoms. The smallest absolute Gasteiger partial charge is 0.380 e. The number of rotatable bonds is 7. The monoisotopic (exact) mass is 213 g/mol. The molecule has 86 valence electrons. The Morgan fingerprint density at radius 1 is 1.36 bits per heavy atom. The van der Waals surface area contributed by atoms with Crippen LogP contribution in [0.5, 0.6) is 0 Å². The maximum Gasteiger partial charge on any atom is 0.389 e. The van der Waals surface area contributed by atoms with Crippen LogP contribution in [-0.4, -0.2) is 25.4 Å². The van der Waals surface area contributed by atoms with E-state index >= 15 is 0 Å². The average molecular weight is 213 g/mol. The minimum absolute atomic E-state index is 0.0162. The van der Waals surface area contributed by atoms with Crippen molar-refractivity contribution < 1.29 is 17.9 Å². The lowest BCUT2D eigenvalue weighted by atomic mass is 10.2. The fraction of sp³-hybridized carbons (Fsp3) is 1.00. The first-order valence-corrected chi connectivity index (χ1v) is 4.85. The summed E-state index contributed by atoms with van der Waals surface area (Å²) < 4.78 is 40.1. The van der Waals surface area contributed by atoms with E-state index in [0.717, 1.165) is 12.8 Å². The van der Waals surface area contributed by atoms with Gasteiger partial charge in [-0.1, -0.05) is 13.3 Å². The Morgan fingerprint density at radius 3 is 2.50 bits per heavy atom. The second kappa shape index (κ2) is 7.06. The number of hydrogen-bond donors (Lipinski definition) is 1. The van der Waals surface area contributed by atoms with Crippen molar-refractivity contribution in [3.63, 3.8) is 0 Å². The fourth-order valence-electron chi connectivity index (χ4n) is 1.06. The van der Waals surface area contributed by atoms with Gasteiger partial charge in [-0.2, -0.15) is 13.2 Å². The van der Waals surface area contributed by atoms with E-state index in [2.05, 4.69) is 0 Å². The zero-order chi connectivity index (χ0) is 11.0. The van der Waals surface area contributed by atoms with Crippen LogP contribution < -0.4 is 5.73 Å².